The first-order chi connectivity index (χ1) is 15.0. The molecule has 0 fully saturated rings. The number of carbonyl (C=O) groups excluding carboxylic acids is 1. The number of sulfonamides is 1. The van der Waals surface area contributed by atoms with Crippen molar-refractivity contribution in [3.8, 4) is 0 Å². The SMILES string of the molecule is Cc1cc(C(=O)N[C@H](C)c2ccc(S(C)(=O)=O)cc2)ccc1NS(=O)(=O)c1ccccc1. The van der Waals surface area contributed by atoms with Crippen LogP contribution in [-0.4, -0.2) is 29.0 Å². The highest BCUT2D eigenvalue weighted by molar-refractivity contribution is 7.92. The average Bonchev–Trinajstić information content (AvgIpc) is 2.75. The largest absolute Gasteiger partial charge is 0.346 e. The maximum atomic E-state index is 12.7. The predicted molar refractivity (Wildman–Crippen MR) is 124 cm³/mol. The second-order valence-electron chi connectivity index (χ2n) is 7.48. The first-order valence-corrected chi connectivity index (χ1v) is 13.1. The molecular formula is C23H24N2O5S2. The van der Waals surface area contributed by atoms with Crippen LogP contribution >= 0.6 is 0 Å². The number of hydrogen-bond donors (Lipinski definition) is 2. The van der Waals surface area contributed by atoms with Crippen LogP contribution in [0.4, 0.5) is 5.69 Å². The number of benzene rings is 3. The summed E-state index contributed by atoms with van der Waals surface area (Å²) in [6.45, 7) is 3.51. The highest BCUT2D eigenvalue weighted by atomic mass is 32.2. The summed E-state index contributed by atoms with van der Waals surface area (Å²) < 4.78 is 50.8. The van der Waals surface area contributed by atoms with Crippen molar-refractivity contribution in [1.29, 1.82) is 0 Å². The monoisotopic (exact) mass is 472 g/mol. The van der Waals surface area contributed by atoms with E-state index in [1.54, 1.807) is 62.4 Å². The summed E-state index contributed by atoms with van der Waals surface area (Å²) >= 11 is 0. The van der Waals surface area contributed by atoms with E-state index in [0.717, 1.165) is 11.8 Å². The van der Waals surface area contributed by atoms with Gasteiger partial charge < -0.3 is 5.32 Å². The summed E-state index contributed by atoms with van der Waals surface area (Å²) in [6.07, 6.45) is 1.14. The number of aryl methyl sites for hydroxylation is 1. The lowest BCUT2D eigenvalue weighted by atomic mass is 10.1. The van der Waals surface area contributed by atoms with Crippen LogP contribution < -0.4 is 10.0 Å². The summed E-state index contributed by atoms with van der Waals surface area (Å²) in [5, 5.41) is 2.86. The van der Waals surface area contributed by atoms with Gasteiger partial charge in [0.1, 0.15) is 0 Å². The van der Waals surface area contributed by atoms with Crippen LogP contribution in [-0.2, 0) is 19.9 Å². The molecule has 0 aliphatic carbocycles. The van der Waals surface area contributed by atoms with Gasteiger partial charge in [-0.05, 0) is 67.4 Å². The number of amides is 1. The molecule has 32 heavy (non-hydrogen) atoms. The quantitative estimate of drug-likeness (QED) is 0.545. The summed E-state index contributed by atoms with van der Waals surface area (Å²) in [7, 11) is -7.02. The van der Waals surface area contributed by atoms with Crippen molar-refractivity contribution >= 4 is 31.5 Å². The van der Waals surface area contributed by atoms with Crippen LogP contribution in [0, 0.1) is 6.92 Å². The zero-order chi connectivity index (χ0) is 23.5. The van der Waals surface area contributed by atoms with Gasteiger partial charge in [-0.3, -0.25) is 9.52 Å². The predicted octanol–water partition coefficient (Wildman–Crippen LogP) is 3.69. The average molecular weight is 473 g/mol. The molecule has 0 bridgehead atoms. The lowest BCUT2D eigenvalue weighted by molar-refractivity contribution is 0.0939. The topological polar surface area (TPSA) is 109 Å². The Morgan fingerprint density at radius 2 is 1.47 bits per heavy atom. The van der Waals surface area contributed by atoms with Crippen LogP contribution in [0.2, 0.25) is 0 Å². The Hall–Kier alpha value is -3.17. The fraction of sp³-hybridized carbons (Fsp3) is 0.174. The van der Waals surface area contributed by atoms with E-state index in [0.29, 0.717) is 16.8 Å². The van der Waals surface area contributed by atoms with Gasteiger partial charge in [-0.15, -0.1) is 0 Å². The molecule has 3 aromatic carbocycles. The van der Waals surface area contributed by atoms with Crippen molar-refractivity contribution in [3.05, 3.63) is 89.5 Å². The maximum absolute atomic E-state index is 12.7. The first-order valence-electron chi connectivity index (χ1n) is 9.77. The van der Waals surface area contributed by atoms with Gasteiger partial charge in [-0.1, -0.05) is 30.3 Å². The minimum atomic E-state index is -3.73. The minimum Gasteiger partial charge on any atom is -0.346 e. The summed E-state index contributed by atoms with van der Waals surface area (Å²) in [5.74, 6) is -0.328. The molecule has 1 amide bonds. The van der Waals surface area contributed by atoms with Crippen LogP contribution in [0.3, 0.4) is 0 Å². The van der Waals surface area contributed by atoms with Gasteiger partial charge >= 0.3 is 0 Å². The molecule has 0 spiro atoms. The fourth-order valence-corrected chi connectivity index (χ4v) is 4.87. The van der Waals surface area contributed by atoms with E-state index in [-0.39, 0.29) is 21.7 Å². The smallest absolute Gasteiger partial charge is 0.261 e. The molecule has 9 heteroatoms. The fourth-order valence-electron chi connectivity index (χ4n) is 3.09. The van der Waals surface area contributed by atoms with E-state index in [2.05, 4.69) is 10.0 Å². The van der Waals surface area contributed by atoms with Gasteiger partial charge in [-0.2, -0.15) is 0 Å². The number of sulfone groups is 1. The highest BCUT2D eigenvalue weighted by Crippen LogP contribution is 2.22. The molecule has 2 N–H and O–H groups in total. The maximum Gasteiger partial charge on any atom is 0.261 e. The number of anilines is 1. The van der Waals surface area contributed by atoms with E-state index in [1.807, 2.05) is 0 Å². The second-order valence-corrected chi connectivity index (χ2v) is 11.2. The van der Waals surface area contributed by atoms with Gasteiger partial charge in [0.25, 0.3) is 15.9 Å². The van der Waals surface area contributed by atoms with Crippen molar-refractivity contribution < 1.29 is 21.6 Å². The summed E-state index contributed by atoms with van der Waals surface area (Å²) in [4.78, 5) is 13.0. The molecule has 7 nitrogen and oxygen atoms in total. The molecule has 0 unspecified atom stereocenters. The number of hydrogen-bond acceptors (Lipinski definition) is 5. The molecular weight excluding hydrogens is 448 g/mol. The Labute approximate surface area is 188 Å². The first kappa shape index (κ1) is 23.5. The number of rotatable bonds is 7. The molecule has 0 aromatic heterocycles. The van der Waals surface area contributed by atoms with Crippen LogP contribution in [0.1, 0.15) is 34.5 Å². The molecule has 0 radical (unpaired) electrons. The summed E-state index contributed by atoms with van der Waals surface area (Å²) in [5.41, 5.74) is 2.12. The third-order valence-corrected chi connectivity index (χ3v) is 7.45. The van der Waals surface area contributed by atoms with E-state index in [1.165, 1.54) is 24.3 Å². The molecule has 1 atom stereocenters. The number of carbonyl (C=O) groups is 1. The Kier molecular flexibility index (Phi) is 6.71. The van der Waals surface area contributed by atoms with E-state index < -0.39 is 19.9 Å². The van der Waals surface area contributed by atoms with E-state index in [4.69, 9.17) is 0 Å². The molecule has 3 rings (SSSR count). The molecule has 0 saturated carbocycles. The Morgan fingerprint density at radius 3 is 2.03 bits per heavy atom. The van der Waals surface area contributed by atoms with Gasteiger partial charge in [0.05, 0.1) is 21.5 Å². The summed E-state index contributed by atoms with van der Waals surface area (Å²) in [6, 6.07) is 18.7. The number of nitrogens with one attached hydrogen (secondary N) is 2. The molecule has 0 aliphatic rings. The van der Waals surface area contributed by atoms with Crippen molar-refractivity contribution in [1.82, 2.24) is 5.32 Å². The van der Waals surface area contributed by atoms with Gasteiger partial charge in [0, 0.05) is 11.8 Å². The Bertz CT molecular complexity index is 1330. The Balaban J connectivity index is 1.72. The Morgan fingerprint density at radius 1 is 0.844 bits per heavy atom. The second kappa shape index (κ2) is 9.13. The molecule has 0 saturated heterocycles. The van der Waals surface area contributed by atoms with Crippen molar-refractivity contribution in [2.75, 3.05) is 11.0 Å². The third kappa shape index (κ3) is 5.54. The zero-order valence-corrected chi connectivity index (χ0v) is 19.5. The van der Waals surface area contributed by atoms with Gasteiger partial charge in [0.2, 0.25) is 0 Å². The van der Waals surface area contributed by atoms with Crippen molar-refractivity contribution in [2.24, 2.45) is 0 Å². The molecule has 0 aliphatic heterocycles. The van der Waals surface area contributed by atoms with Crippen molar-refractivity contribution in [2.45, 2.75) is 29.7 Å². The highest BCUT2D eigenvalue weighted by Gasteiger charge is 2.17. The lowest BCUT2D eigenvalue weighted by Gasteiger charge is -2.16. The molecule has 0 heterocycles. The van der Waals surface area contributed by atoms with Crippen LogP contribution in [0.5, 0.6) is 0 Å². The normalized spacial score (nSPS) is 12.7. The zero-order valence-electron chi connectivity index (χ0n) is 17.9. The van der Waals surface area contributed by atoms with Crippen LogP contribution in [0.25, 0.3) is 0 Å². The lowest BCUT2D eigenvalue weighted by Crippen LogP contribution is -2.26. The van der Waals surface area contributed by atoms with Gasteiger partial charge in [-0.25, -0.2) is 16.8 Å². The van der Waals surface area contributed by atoms with Crippen LogP contribution in [0.15, 0.2) is 82.6 Å². The van der Waals surface area contributed by atoms with Crippen molar-refractivity contribution in [3.63, 3.8) is 0 Å². The third-order valence-electron chi connectivity index (χ3n) is 4.94. The van der Waals surface area contributed by atoms with Gasteiger partial charge in [0.15, 0.2) is 9.84 Å². The molecule has 3 aromatic rings. The minimum absolute atomic E-state index is 0.150. The standard InChI is InChI=1S/C23H24N2O5S2/c1-16-15-19(11-14-22(16)25-32(29,30)21-7-5-4-6-8-21)23(26)24-17(2)18-9-12-20(13-10-18)31(3,27)28/h4-15,17,25H,1-3H3,(H,24,26)/t17-/m1/s1. The van der Waals surface area contributed by atoms with E-state index >= 15 is 0 Å². The molecule has 168 valence electrons. The van der Waals surface area contributed by atoms with E-state index in [9.17, 15) is 21.6 Å².